The van der Waals surface area contributed by atoms with Gasteiger partial charge in [-0.1, -0.05) is 11.6 Å². The Morgan fingerprint density at radius 2 is 2.04 bits per heavy atom. The van der Waals surface area contributed by atoms with Crippen molar-refractivity contribution in [1.29, 1.82) is 0 Å². The summed E-state index contributed by atoms with van der Waals surface area (Å²) in [5.41, 5.74) is 6.04. The first-order chi connectivity index (χ1) is 13.3. The molecule has 1 unspecified atom stereocenters. The number of halogens is 2. The molecule has 11 heteroatoms. The zero-order valence-corrected chi connectivity index (χ0v) is 17.9. The minimum atomic E-state index is -4.10. The van der Waals surface area contributed by atoms with Crippen molar-refractivity contribution in [2.45, 2.75) is 37.1 Å². The first kappa shape index (κ1) is 22.8. The number of aromatic nitrogens is 1. The summed E-state index contributed by atoms with van der Waals surface area (Å²) >= 11 is 7.24. The predicted molar refractivity (Wildman–Crippen MR) is 113 cm³/mol. The van der Waals surface area contributed by atoms with E-state index in [0.717, 1.165) is 55.8 Å². The fourth-order valence-corrected chi connectivity index (χ4v) is 4.54. The van der Waals surface area contributed by atoms with Gasteiger partial charge in [-0.2, -0.15) is 0 Å². The molecule has 0 aliphatic heterocycles. The highest BCUT2D eigenvalue weighted by atomic mass is 35.5. The van der Waals surface area contributed by atoms with Crippen LogP contribution in [0.1, 0.15) is 26.2 Å². The Hall–Kier alpha value is -1.46. The van der Waals surface area contributed by atoms with Crippen LogP contribution in [0.5, 0.6) is 0 Å². The molecule has 0 saturated carbocycles. The third kappa shape index (κ3) is 7.17. The second-order valence-electron chi connectivity index (χ2n) is 6.36. The highest BCUT2D eigenvalue weighted by Crippen LogP contribution is 2.29. The predicted octanol–water partition coefficient (Wildman–Crippen LogP) is 3.26. The lowest BCUT2D eigenvalue weighted by molar-refractivity contribution is 0.568. The maximum absolute atomic E-state index is 14.4. The van der Waals surface area contributed by atoms with Gasteiger partial charge < -0.3 is 16.4 Å². The van der Waals surface area contributed by atoms with Gasteiger partial charge in [0.25, 0.3) is 10.0 Å². The third-order valence-electron chi connectivity index (χ3n) is 3.84. The van der Waals surface area contributed by atoms with Crippen molar-refractivity contribution in [3.8, 4) is 0 Å². The van der Waals surface area contributed by atoms with Gasteiger partial charge in [-0.05, 0) is 51.4 Å². The zero-order chi connectivity index (χ0) is 20.6. The van der Waals surface area contributed by atoms with Crippen molar-refractivity contribution >= 4 is 43.8 Å². The standard InChI is InChI=1S/C17H25ClFN5O2S2/c1-12(20)4-7-21-5-2-3-6-22-15-11-14(19)16(10-13(15)18)28(25,26)24-17-23-8-9-27-17/h8-12,21-22H,2-7,20H2,1H3,(H,23,24). The number of anilines is 2. The van der Waals surface area contributed by atoms with E-state index in [0.29, 0.717) is 12.2 Å². The van der Waals surface area contributed by atoms with Crippen LogP contribution in [0.25, 0.3) is 0 Å². The summed E-state index contributed by atoms with van der Waals surface area (Å²) in [6.07, 6.45) is 4.18. The second kappa shape index (κ2) is 10.9. The summed E-state index contributed by atoms with van der Waals surface area (Å²) < 4.78 is 41.3. The molecule has 7 nitrogen and oxygen atoms in total. The van der Waals surface area contributed by atoms with Crippen LogP contribution in [-0.4, -0.2) is 39.1 Å². The number of hydrogen-bond donors (Lipinski definition) is 4. The molecule has 5 N–H and O–H groups in total. The summed E-state index contributed by atoms with van der Waals surface area (Å²) in [4.78, 5) is 3.31. The number of benzene rings is 1. The highest BCUT2D eigenvalue weighted by molar-refractivity contribution is 7.93. The van der Waals surface area contributed by atoms with Gasteiger partial charge in [0.1, 0.15) is 10.7 Å². The Bertz CT molecular complexity index is 847. The molecule has 0 aliphatic rings. The molecule has 0 spiro atoms. The number of unbranched alkanes of at least 4 members (excludes halogenated alkanes) is 1. The van der Waals surface area contributed by atoms with Crippen LogP contribution < -0.4 is 21.1 Å². The molecule has 156 valence electrons. The molecule has 1 aromatic heterocycles. The molecule has 0 aliphatic carbocycles. The van der Waals surface area contributed by atoms with Crippen molar-refractivity contribution in [3.63, 3.8) is 0 Å². The van der Waals surface area contributed by atoms with E-state index in [1.807, 2.05) is 6.92 Å². The Balaban J connectivity index is 1.86. The SMILES string of the molecule is CC(N)CCNCCCCNc1cc(F)c(S(=O)(=O)Nc2nccs2)cc1Cl. The summed E-state index contributed by atoms with van der Waals surface area (Å²) in [6.45, 7) is 4.32. The average Bonchev–Trinajstić information content (AvgIpc) is 3.11. The lowest BCUT2D eigenvalue weighted by atomic mass is 10.2. The third-order valence-corrected chi connectivity index (χ3v) is 6.32. The molecule has 0 fully saturated rings. The molecule has 1 atom stereocenters. The number of hydrogen-bond acceptors (Lipinski definition) is 7. The van der Waals surface area contributed by atoms with Crippen molar-refractivity contribution < 1.29 is 12.8 Å². The van der Waals surface area contributed by atoms with Crippen LogP contribution in [0.4, 0.5) is 15.2 Å². The van der Waals surface area contributed by atoms with E-state index >= 15 is 0 Å². The molecule has 2 aromatic rings. The fraction of sp³-hybridized carbons (Fsp3) is 0.471. The van der Waals surface area contributed by atoms with E-state index in [1.54, 1.807) is 5.38 Å². The van der Waals surface area contributed by atoms with Gasteiger partial charge in [-0.3, -0.25) is 4.72 Å². The highest BCUT2D eigenvalue weighted by Gasteiger charge is 2.22. The Labute approximate surface area is 173 Å². The van der Waals surface area contributed by atoms with E-state index in [9.17, 15) is 12.8 Å². The summed E-state index contributed by atoms with van der Waals surface area (Å²) in [6, 6.07) is 2.39. The van der Waals surface area contributed by atoms with Gasteiger partial charge >= 0.3 is 0 Å². The Kier molecular flexibility index (Phi) is 8.90. The van der Waals surface area contributed by atoms with Gasteiger partial charge in [0, 0.05) is 24.2 Å². The molecule has 0 saturated heterocycles. The van der Waals surface area contributed by atoms with Gasteiger partial charge in [-0.15, -0.1) is 11.3 Å². The molecule has 1 heterocycles. The minimum absolute atomic E-state index is 0.135. The smallest absolute Gasteiger partial charge is 0.266 e. The molecule has 28 heavy (non-hydrogen) atoms. The number of thiazole rings is 1. The van der Waals surface area contributed by atoms with E-state index < -0.39 is 20.7 Å². The number of nitrogens with one attached hydrogen (secondary N) is 3. The van der Waals surface area contributed by atoms with Crippen LogP contribution in [0.15, 0.2) is 28.6 Å². The quantitative estimate of drug-likeness (QED) is 0.370. The van der Waals surface area contributed by atoms with Crippen LogP contribution >= 0.6 is 22.9 Å². The molecular formula is C17H25ClFN5O2S2. The molecule has 2 rings (SSSR count). The van der Waals surface area contributed by atoms with Crippen molar-refractivity contribution in [3.05, 3.63) is 34.5 Å². The van der Waals surface area contributed by atoms with Crippen LogP contribution in [0, 0.1) is 5.82 Å². The van der Waals surface area contributed by atoms with Crippen molar-refractivity contribution in [2.24, 2.45) is 5.73 Å². The maximum atomic E-state index is 14.4. The summed E-state index contributed by atoms with van der Waals surface area (Å²) in [7, 11) is -4.10. The average molecular weight is 450 g/mol. The molecule has 0 radical (unpaired) electrons. The summed E-state index contributed by atoms with van der Waals surface area (Å²) in [5, 5.41) is 8.26. The van der Waals surface area contributed by atoms with E-state index in [2.05, 4.69) is 20.3 Å². The zero-order valence-electron chi connectivity index (χ0n) is 15.5. The summed E-state index contributed by atoms with van der Waals surface area (Å²) in [5.74, 6) is -0.881. The molecule has 1 aromatic carbocycles. The van der Waals surface area contributed by atoms with Crippen LogP contribution in [-0.2, 0) is 10.0 Å². The number of rotatable bonds is 12. The van der Waals surface area contributed by atoms with E-state index in [4.69, 9.17) is 17.3 Å². The van der Waals surface area contributed by atoms with Crippen molar-refractivity contribution in [1.82, 2.24) is 10.3 Å². The molecule has 0 amide bonds. The lowest BCUT2D eigenvalue weighted by Crippen LogP contribution is -2.24. The Morgan fingerprint density at radius 1 is 1.29 bits per heavy atom. The number of sulfonamides is 1. The minimum Gasteiger partial charge on any atom is -0.384 e. The first-order valence-corrected chi connectivity index (χ1v) is 11.6. The first-order valence-electron chi connectivity index (χ1n) is 8.91. The lowest BCUT2D eigenvalue weighted by Gasteiger charge is -2.12. The normalized spacial score (nSPS) is 12.7. The van der Waals surface area contributed by atoms with Crippen molar-refractivity contribution in [2.75, 3.05) is 29.7 Å². The fourth-order valence-electron chi connectivity index (χ4n) is 2.37. The van der Waals surface area contributed by atoms with E-state index in [1.165, 1.54) is 6.20 Å². The van der Waals surface area contributed by atoms with Gasteiger partial charge in [0.2, 0.25) is 0 Å². The second-order valence-corrected chi connectivity index (χ2v) is 9.31. The van der Waals surface area contributed by atoms with E-state index in [-0.39, 0.29) is 16.2 Å². The molecular weight excluding hydrogens is 425 g/mol. The van der Waals surface area contributed by atoms with Gasteiger partial charge in [-0.25, -0.2) is 17.8 Å². The maximum Gasteiger partial charge on any atom is 0.266 e. The van der Waals surface area contributed by atoms with Crippen LogP contribution in [0.2, 0.25) is 5.02 Å². The van der Waals surface area contributed by atoms with Gasteiger partial charge in [0.05, 0.1) is 10.7 Å². The Morgan fingerprint density at radius 3 is 2.71 bits per heavy atom. The number of nitrogens with zero attached hydrogens (tertiary/aromatic N) is 1. The topological polar surface area (TPSA) is 109 Å². The molecule has 0 bridgehead atoms. The largest absolute Gasteiger partial charge is 0.384 e. The van der Waals surface area contributed by atoms with Crippen LogP contribution in [0.3, 0.4) is 0 Å². The van der Waals surface area contributed by atoms with Gasteiger partial charge in [0.15, 0.2) is 5.13 Å². The number of nitrogens with two attached hydrogens (primary N) is 1. The monoisotopic (exact) mass is 449 g/mol.